The van der Waals surface area contributed by atoms with E-state index in [-0.39, 0.29) is 0 Å². The molecule has 5 aromatic carbocycles. The number of hydrogen-bond acceptors (Lipinski definition) is 2. The van der Waals surface area contributed by atoms with Gasteiger partial charge in [-0.2, -0.15) is 0 Å². The first kappa shape index (κ1) is 28.3. The Labute approximate surface area is 242 Å². The van der Waals surface area contributed by atoms with E-state index in [0.29, 0.717) is 0 Å². The third-order valence-corrected chi connectivity index (χ3v) is 12.1. The van der Waals surface area contributed by atoms with E-state index in [9.17, 15) is 0 Å². The molecule has 0 aliphatic carbocycles. The summed E-state index contributed by atoms with van der Waals surface area (Å²) in [6, 6.07) is 52.9. The van der Waals surface area contributed by atoms with Crippen LogP contribution in [-0.4, -0.2) is 37.4 Å². The first-order chi connectivity index (χ1) is 19.8. The van der Waals surface area contributed by atoms with Crippen molar-refractivity contribution in [2.75, 3.05) is 32.5 Å². The summed E-state index contributed by atoms with van der Waals surface area (Å²) < 4.78 is 5.42. The van der Waals surface area contributed by atoms with Crippen molar-refractivity contribution in [3.05, 3.63) is 151 Å². The highest BCUT2D eigenvalue weighted by Crippen LogP contribution is 2.35. The van der Waals surface area contributed by atoms with Crippen LogP contribution in [0.25, 0.3) is 0 Å². The number of hydrogen-bond donors (Lipinski definition) is 0. The Morgan fingerprint density at radius 2 is 0.825 bits per heavy atom. The Balaban J connectivity index is 1.38. The molecule has 0 N–H and O–H groups in total. The molecule has 0 spiro atoms. The number of benzene rings is 5. The molecule has 2 nitrogen and oxygen atoms in total. The number of methoxy groups -OCH3 is 1. The summed E-state index contributed by atoms with van der Waals surface area (Å²) in [6.07, 6.45) is 2.27. The quantitative estimate of drug-likeness (QED) is 0.147. The highest BCUT2D eigenvalue weighted by atomic mass is 31.1. The molecule has 5 aromatic rings. The fourth-order valence-corrected chi connectivity index (χ4v) is 9.71. The fourth-order valence-electron chi connectivity index (χ4n) is 4.99. The minimum Gasteiger partial charge on any atom is -0.497 e. The van der Waals surface area contributed by atoms with Gasteiger partial charge in [-0.15, -0.1) is 0 Å². The third kappa shape index (κ3) is 7.89. The van der Waals surface area contributed by atoms with Gasteiger partial charge in [-0.05, 0) is 67.1 Å². The Hall–Kier alpha value is -3.28. The van der Waals surface area contributed by atoms with Crippen LogP contribution >= 0.6 is 15.8 Å². The molecular formula is C36H37NOP2. The molecule has 0 saturated heterocycles. The number of nitrogens with zero attached hydrogens (tertiary/aromatic N) is 1. The molecule has 0 saturated carbocycles. The van der Waals surface area contributed by atoms with Crippen molar-refractivity contribution in [1.29, 1.82) is 0 Å². The van der Waals surface area contributed by atoms with Crippen LogP contribution in [0.4, 0.5) is 0 Å². The Morgan fingerprint density at radius 3 is 1.15 bits per heavy atom. The lowest BCUT2D eigenvalue weighted by molar-refractivity contribution is 0.300. The lowest BCUT2D eigenvalue weighted by Gasteiger charge is -2.28. The van der Waals surface area contributed by atoms with Gasteiger partial charge >= 0.3 is 0 Å². The van der Waals surface area contributed by atoms with Crippen LogP contribution in [0.2, 0.25) is 0 Å². The zero-order valence-corrected chi connectivity index (χ0v) is 24.9. The van der Waals surface area contributed by atoms with Crippen molar-refractivity contribution in [3.63, 3.8) is 0 Å². The summed E-state index contributed by atoms with van der Waals surface area (Å²) >= 11 is 0. The number of rotatable bonds is 13. The minimum atomic E-state index is -0.436. The van der Waals surface area contributed by atoms with Crippen molar-refractivity contribution in [1.82, 2.24) is 4.90 Å². The first-order valence-corrected chi connectivity index (χ1v) is 17.0. The average Bonchev–Trinajstić information content (AvgIpc) is 3.03. The minimum absolute atomic E-state index is 0.436. The molecule has 0 bridgehead atoms. The summed E-state index contributed by atoms with van der Waals surface area (Å²) in [7, 11) is 0.857. The molecule has 0 aliphatic rings. The van der Waals surface area contributed by atoms with Gasteiger partial charge in [0.15, 0.2) is 0 Å². The van der Waals surface area contributed by atoms with Crippen LogP contribution in [0.5, 0.6) is 5.75 Å². The van der Waals surface area contributed by atoms with Crippen LogP contribution < -0.4 is 26.0 Å². The lowest BCUT2D eigenvalue weighted by Crippen LogP contribution is -2.32. The van der Waals surface area contributed by atoms with E-state index in [0.717, 1.165) is 37.7 Å². The summed E-state index contributed by atoms with van der Waals surface area (Å²) in [6.45, 7) is 3.03. The topological polar surface area (TPSA) is 12.5 Å². The fraction of sp³-hybridized carbons (Fsp3) is 0.167. The lowest BCUT2D eigenvalue weighted by atomic mass is 10.2. The SMILES string of the molecule is COc1ccc(CN(CCP(c2ccccc2)c2ccccc2)CCP(c2ccccc2)c2ccccc2)cc1. The molecule has 0 atom stereocenters. The molecule has 0 amide bonds. The predicted molar refractivity (Wildman–Crippen MR) is 176 cm³/mol. The molecule has 0 aromatic heterocycles. The highest BCUT2D eigenvalue weighted by Gasteiger charge is 2.19. The van der Waals surface area contributed by atoms with E-state index < -0.39 is 15.8 Å². The third-order valence-electron chi connectivity index (χ3n) is 7.12. The number of ether oxygens (including phenoxy) is 1. The highest BCUT2D eigenvalue weighted by molar-refractivity contribution is 7.73. The molecule has 0 unspecified atom stereocenters. The second-order valence-corrected chi connectivity index (χ2v) is 14.4. The largest absolute Gasteiger partial charge is 0.497 e. The van der Waals surface area contributed by atoms with E-state index >= 15 is 0 Å². The molecule has 0 fully saturated rings. The van der Waals surface area contributed by atoms with Crippen molar-refractivity contribution in [2.45, 2.75) is 6.54 Å². The maximum Gasteiger partial charge on any atom is 0.118 e. The van der Waals surface area contributed by atoms with E-state index in [1.807, 2.05) is 0 Å². The summed E-state index contributed by atoms with van der Waals surface area (Å²) in [5, 5.41) is 5.79. The van der Waals surface area contributed by atoms with Gasteiger partial charge in [0.2, 0.25) is 0 Å². The smallest absolute Gasteiger partial charge is 0.118 e. The maximum atomic E-state index is 5.42. The van der Waals surface area contributed by atoms with Gasteiger partial charge in [0.1, 0.15) is 5.75 Å². The molecule has 40 heavy (non-hydrogen) atoms. The van der Waals surface area contributed by atoms with Gasteiger partial charge in [0, 0.05) is 19.6 Å². The van der Waals surface area contributed by atoms with E-state index in [1.54, 1.807) is 7.11 Å². The first-order valence-electron chi connectivity index (χ1n) is 13.9. The van der Waals surface area contributed by atoms with Crippen molar-refractivity contribution in [3.8, 4) is 5.75 Å². The summed E-state index contributed by atoms with van der Waals surface area (Å²) in [5.74, 6) is 0.906. The van der Waals surface area contributed by atoms with Gasteiger partial charge in [-0.1, -0.05) is 133 Å². The Kier molecular flexibility index (Phi) is 10.5. The second-order valence-electron chi connectivity index (χ2n) is 9.77. The zero-order chi connectivity index (χ0) is 27.4. The monoisotopic (exact) mass is 561 g/mol. The molecular weight excluding hydrogens is 524 g/mol. The molecule has 5 rings (SSSR count). The average molecular weight is 562 g/mol. The van der Waals surface area contributed by atoms with Crippen molar-refractivity contribution in [2.24, 2.45) is 0 Å². The van der Waals surface area contributed by atoms with Crippen LogP contribution in [0, 0.1) is 0 Å². The van der Waals surface area contributed by atoms with Gasteiger partial charge in [0.05, 0.1) is 7.11 Å². The van der Waals surface area contributed by atoms with Crippen LogP contribution in [0.15, 0.2) is 146 Å². The van der Waals surface area contributed by atoms with Gasteiger partial charge in [0.25, 0.3) is 0 Å². The predicted octanol–water partition coefficient (Wildman–Crippen LogP) is 6.76. The molecule has 0 aliphatic heterocycles. The molecule has 4 heteroatoms. The zero-order valence-electron chi connectivity index (χ0n) is 23.1. The standard InChI is InChI=1S/C36H37NOP2/c1-38-32-24-22-31(23-25-32)30-37(26-28-39(33-14-6-2-7-15-33)34-16-8-3-9-17-34)27-29-40(35-18-10-4-11-19-35)36-20-12-5-13-21-36/h2-25H,26-30H2,1H3. The summed E-state index contributed by atoms with van der Waals surface area (Å²) in [4.78, 5) is 2.67. The second kappa shape index (κ2) is 14.9. The Bertz CT molecular complexity index is 1230. The van der Waals surface area contributed by atoms with Gasteiger partial charge in [-0.3, -0.25) is 4.90 Å². The molecule has 0 radical (unpaired) electrons. The van der Waals surface area contributed by atoms with E-state index in [2.05, 4.69) is 150 Å². The van der Waals surface area contributed by atoms with Crippen molar-refractivity contribution < 1.29 is 4.74 Å². The van der Waals surface area contributed by atoms with Crippen LogP contribution in [-0.2, 0) is 6.54 Å². The van der Waals surface area contributed by atoms with Crippen molar-refractivity contribution >= 4 is 37.1 Å². The Morgan fingerprint density at radius 1 is 0.475 bits per heavy atom. The summed E-state index contributed by atoms with van der Waals surface area (Å²) in [5.41, 5.74) is 1.33. The van der Waals surface area contributed by atoms with E-state index in [4.69, 9.17) is 4.74 Å². The maximum absolute atomic E-state index is 5.42. The van der Waals surface area contributed by atoms with Gasteiger partial charge in [-0.25, -0.2) is 0 Å². The normalized spacial score (nSPS) is 11.3. The van der Waals surface area contributed by atoms with E-state index in [1.165, 1.54) is 26.8 Å². The van der Waals surface area contributed by atoms with Crippen LogP contribution in [0.1, 0.15) is 5.56 Å². The molecule has 202 valence electrons. The van der Waals surface area contributed by atoms with Crippen LogP contribution in [0.3, 0.4) is 0 Å². The molecule has 0 heterocycles. The van der Waals surface area contributed by atoms with Gasteiger partial charge < -0.3 is 4.74 Å².